The molecule has 0 bridgehead atoms. The van der Waals surface area contributed by atoms with Gasteiger partial charge >= 0.3 is 6.09 Å². The van der Waals surface area contributed by atoms with Crippen LogP contribution in [-0.2, 0) is 0 Å². The van der Waals surface area contributed by atoms with Gasteiger partial charge in [-0.05, 0) is 56.2 Å². The van der Waals surface area contributed by atoms with Gasteiger partial charge in [0, 0.05) is 30.8 Å². The number of rotatable bonds is 3. The van der Waals surface area contributed by atoms with E-state index in [1.165, 1.54) is 12.1 Å². The fraction of sp³-hybridized carbons (Fsp3) is 0.286. The maximum absolute atomic E-state index is 13.1. The molecular formula is C21H20FN3O3. The third-order valence-electron chi connectivity index (χ3n) is 4.92. The van der Waals surface area contributed by atoms with Crippen LogP contribution in [0.1, 0.15) is 30.3 Å². The van der Waals surface area contributed by atoms with Gasteiger partial charge in [0.05, 0.1) is 5.69 Å². The molecule has 144 valence electrons. The first-order valence-corrected chi connectivity index (χ1v) is 9.20. The first-order chi connectivity index (χ1) is 13.6. The van der Waals surface area contributed by atoms with Crippen molar-refractivity contribution in [3.8, 4) is 17.0 Å². The van der Waals surface area contributed by atoms with Crippen LogP contribution in [-0.4, -0.2) is 34.1 Å². The smallest absolute Gasteiger partial charge is 0.415 e. The normalized spacial score (nSPS) is 14.9. The zero-order valence-corrected chi connectivity index (χ0v) is 15.5. The maximum atomic E-state index is 13.1. The third kappa shape index (κ3) is 3.88. The number of aryl methyl sites for hydroxylation is 1. The van der Waals surface area contributed by atoms with Gasteiger partial charge in [0.15, 0.2) is 11.6 Å². The molecule has 0 unspecified atom stereocenters. The number of likely N-dealkylation sites (tertiary alicyclic amines) is 1. The van der Waals surface area contributed by atoms with Gasteiger partial charge in [-0.15, -0.1) is 0 Å². The standard InChI is InChI=1S/C21H20FN3O3/c1-14-19(3-2-10-23-14)28-21(26)25-11-8-16(9-12-25)20-24-18(13-27-20)15-4-6-17(22)7-5-15/h2-7,10,13,16H,8-9,11-12H2,1H3. The summed E-state index contributed by atoms with van der Waals surface area (Å²) in [7, 11) is 0. The van der Waals surface area contributed by atoms with Crippen LogP contribution >= 0.6 is 0 Å². The minimum Gasteiger partial charge on any atom is -0.448 e. The number of pyridine rings is 1. The van der Waals surface area contributed by atoms with Crippen LogP contribution in [0.4, 0.5) is 9.18 Å². The third-order valence-corrected chi connectivity index (χ3v) is 4.92. The van der Waals surface area contributed by atoms with E-state index in [2.05, 4.69) is 9.97 Å². The van der Waals surface area contributed by atoms with Crippen LogP contribution in [0, 0.1) is 12.7 Å². The topological polar surface area (TPSA) is 68.5 Å². The molecule has 2 aromatic heterocycles. The van der Waals surface area contributed by atoms with Gasteiger partial charge in [0.2, 0.25) is 0 Å². The Morgan fingerprint density at radius 2 is 1.96 bits per heavy atom. The molecule has 7 heteroatoms. The summed E-state index contributed by atoms with van der Waals surface area (Å²) in [4.78, 5) is 22.7. The number of hydrogen-bond donors (Lipinski definition) is 0. The maximum Gasteiger partial charge on any atom is 0.415 e. The molecule has 1 aliphatic rings. The number of piperidine rings is 1. The van der Waals surface area contributed by atoms with E-state index in [0.717, 1.165) is 18.4 Å². The zero-order chi connectivity index (χ0) is 19.5. The van der Waals surface area contributed by atoms with E-state index in [-0.39, 0.29) is 17.8 Å². The fourth-order valence-electron chi connectivity index (χ4n) is 3.27. The molecule has 1 saturated heterocycles. The van der Waals surface area contributed by atoms with E-state index < -0.39 is 0 Å². The van der Waals surface area contributed by atoms with Crippen molar-refractivity contribution < 1.29 is 18.3 Å². The monoisotopic (exact) mass is 381 g/mol. The van der Waals surface area contributed by atoms with Crippen molar-refractivity contribution in [2.24, 2.45) is 0 Å². The van der Waals surface area contributed by atoms with E-state index in [1.807, 2.05) is 0 Å². The van der Waals surface area contributed by atoms with Crippen molar-refractivity contribution in [2.75, 3.05) is 13.1 Å². The van der Waals surface area contributed by atoms with Crippen molar-refractivity contribution in [3.05, 3.63) is 66.3 Å². The van der Waals surface area contributed by atoms with E-state index >= 15 is 0 Å². The van der Waals surface area contributed by atoms with Gasteiger partial charge in [0.25, 0.3) is 0 Å². The quantitative estimate of drug-likeness (QED) is 0.665. The predicted molar refractivity (Wildman–Crippen MR) is 100 cm³/mol. The summed E-state index contributed by atoms with van der Waals surface area (Å²) in [5.74, 6) is 0.980. The molecule has 1 fully saturated rings. The van der Waals surface area contributed by atoms with E-state index in [4.69, 9.17) is 9.15 Å². The van der Waals surface area contributed by atoms with Gasteiger partial charge in [-0.1, -0.05) is 0 Å². The van der Waals surface area contributed by atoms with Crippen molar-refractivity contribution in [1.29, 1.82) is 0 Å². The number of carbonyl (C=O) groups excluding carboxylic acids is 1. The lowest BCUT2D eigenvalue weighted by Gasteiger charge is -2.29. The lowest BCUT2D eigenvalue weighted by atomic mass is 9.97. The molecule has 28 heavy (non-hydrogen) atoms. The molecular weight excluding hydrogens is 361 g/mol. The number of ether oxygens (including phenoxy) is 1. The Kier molecular flexibility index (Phi) is 5.06. The summed E-state index contributed by atoms with van der Waals surface area (Å²) in [6, 6.07) is 9.63. The molecule has 4 rings (SSSR count). The lowest BCUT2D eigenvalue weighted by Crippen LogP contribution is -2.39. The van der Waals surface area contributed by atoms with Crippen LogP contribution in [0.3, 0.4) is 0 Å². The molecule has 3 heterocycles. The average molecular weight is 381 g/mol. The van der Waals surface area contributed by atoms with Gasteiger partial charge < -0.3 is 14.1 Å². The number of halogens is 1. The molecule has 1 aliphatic heterocycles. The van der Waals surface area contributed by atoms with Crippen LogP contribution in [0.2, 0.25) is 0 Å². The Morgan fingerprint density at radius 1 is 1.21 bits per heavy atom. The first kappa shape index (κ1) is 18.2. The fourth-order valence-corrected chi connectivity index (χ4v) is 3.27. The Balaban J connectivity index is 1.36. The average Bonchev–Trinajstić information content (AvgIpc) is 3.20. The highest BCUT2D eigenvalue weighted by atomic mass is 19.1. The molecule has 0 aliphatic carbocycles. The SMILES string of the molecule is Cc1ncccc1OC(=O)N1CCC(c2nc(-c3ccc(F)cc3)co2)CC1. The number of benzene rings is 1. The van der Waals surface area contributed by atoms with Crippen molar-refractivity contribution >= 4 is 6.09 Å². The number of amides is 1. The minimum atomic E-state index is -0.367. The van der Waals surface area contributed by atoms with Gasteiger partial charge in [-0.2, -0.15) is 0 Å². The Labute approximate surface area is 162 Å². The van der Waals surface area contributed by atoms with Gasteiger partial charge in [0.1, 0.15) is 17.8 Å². The molecule has 0 radical (unpaired) electrons. The van der Waals surface area contributed by atoms with Crippen molar-refractivity contribution in [2.45, 2.75) is 25.7 Å². The lowest BCUT2D eigenvalue weighted by molar-refractivity contribution is 0.135. The summed E-state index contributed by atoms with van der Waals surface area (Å²) in [6.07, 6.45) is 4.37. The van der Waals surface area contributed by atoms with E-state index in [0.29, 0.717) is 36.1 Å². The van der Waals surface area contributed by atoms with Crippen molar-refractivity contribution in [3.63, 3.8) is 0 Å². The second kappa shape index (κ2) is 7.80. The van der Waals surface area contributed by atoms with Gasteiger partial charge in [-0.3, -0.25) is 4.98 Å². The number of hydrogen-bond acceptors (Lipinski definition) is 5. The van der Waals surface area contributed by atoms with Crippen LogP contribution < -0.4 is 4.74 Å². The number of carbonyl (C=O) groups is 1. The second-order valence-corrected chi connectivity index (χ2v) is 6.79. The molecule has 6 nitrogen and oxygen atoms in total. The van der Waals surface area contributed by atoms with E-state index in [9.17, 15) is 9.18 Å². The highest BCUT2D eigenvalue weighted by Gasteiger charge is 2.28. The van der Waals surface area contributed by atoms with Crippen LogP contribution in [0.5, 0.6) is 5.75 Å². The van der Waals surface area contributed by atoms with Gasteiger partial charge in [-0.25, -0.2) is 14.2 Å². The molecule has 1 aromatic carbocycles. The second-order valence-electron chi connectivity index (χ2n) is 6.79. The molecule has 0 saturated carbocycles. The number of nitrogens with zero attached hydrogens (tertiary/aromatic N) is 3. The molecule has 0 atom stereocenters. The first-order valence-electron chi connectivity index (χ1n) is 9.20. The molecule has 3 aromatic rings. The number of aromatic nitrogens is 2. The summed E-state index contributed by atoms with van der Waals surface area (Å²) >= 11 is 0. The predicted octanol–water partition coefficient (Wildman–Crippen LogP) is 4.56. The highest BCUT2D eigenvalue weighted by molar-refractivity contribution is 5.71. The van der Waals surface area contributed by atoms with Crippen LogP contribution in [0.25, 0.3) is 11.3 Å². The minimum absolute atomic E-state index is 0.137. The summed E-state index contributed by atoms with van der Waals surface area (Å²) in [6.45, 7) is 2.93. The summed E-state index contributed by atoms with van der Waals surface area (Å²) in [5.41, 5.74) is 2.17. The van der Waals surface area contributed by atoms with Crippen molar-refractivity contribution in [1.82, 2.24) is 14.9 Å². The Bertz CT molecular complexity index is 963. The van der Waals surface area contributed by atoms with Crippen LogP contribution in [0.15, 0.2) is 53.3 Å². The molecule has 0 N–H and O–H groups in total. The summed E-state index contributed by atoms with van der Waals surface area (Å²) < 4.78 is 24.2. The Morgan fingerprint density at radius 3 is 2.68 bits per heavy atom. The zero-order valence-electron chi connectivity index (χ0n) is 15.5. The Hall–Kier alpha value is -3.22. The molecule has 1 amide bonds. The van der Waals surface area contributed by atoms with E-state index in [1.54, 1.807) is 48.5 Å². The molecule has 0 spiro atoms. The summed E-state index contributed by atoms with van der Waals surface area (Å²) in [5, 5.41) is 0. The highest BCUT2D eigenvalue weighted by Crippen LogP contribution is 2.30. The largest absolute Gasteiger partial charge is 0.448 e. The number of oxazole rings is 1.